The zero-order valence-electron chi connectivity index (χ0n) is 10.5. The second kappa shape index (κ2) is 9.86. The maximum atomic E-state index is 5.46. The van der Waals surface area contributed by atoms with Gasteiger partial charge in [0.25, 0.3) is 0 Å². The van der Waals surface area contributed by atoms with E-state index in [1.54, 1.807) is 0 Å². The smallest absolute Gasteiger partial charge is 0.0824 e. The zero-order chi connectivity index (χ0) is 12.2. The maximum absolute atomic E-state index is 5.46. The van der Waals surface area contributed by atoms with Crippen LogP contribution in [-0.2, 0) is 11.2 Å². The summed E-state index contributed by atoms with van der Waals surface area (Å²) >= 11 is 0. The van der Waals surface area contributed by atoms with Gasteiger partial charge in [0.1, 0.15) is 0 Å². The van der Waals surface area contributed by atoms with Crippen LogP contribution in [0, 0.1) is 11.8 Å². The highest BCUT2D eigenvalue weighted by Gasteiger charge is 1.96. The normalized spacial score (nSPS) is 9.94. The lowest BCUT2D eigenvalue weighted by atomic mass is 10.1. The third kappa shape index (κ3) is 7.53. The van der Waals surface area contributed by atoms with Gasteiger partial charge in [-0.05, 0) is 26.2 Å². The van der Waals surface area contributed by atoms with Gasteiger partial charge < -0.3 is 4.74 Å². The summed E-state index contributed by atoms with van der Waals surface area (Å²) in [5.41, 5.74) is 1.05. The number of unbranched alkanes of at least 4 members (excludes halogenated alkanes) is 3. The molecule has 4 heteroatoms. The van der Waals surface area contributed by atoms with Gasteiger partial charge in [0.05, 0.1) is 12.3 Å². The molecule has 0 aliphatic carbocycles. The monoisotopic (exact) mass is 235 g/mol. The van der Waals surface area contributed by atoms with Gasteiger partial charge in [-0.3, -0.25) is 5.10 Å². The van der Waals surface area contributed by atoms with Gasteiger partial charge in [0.15, 0.2) is 0 Å². The minimum atomic E-state index is 0.764. The Morgan fingerprint density at radius 3 is 2.88 bits per heavy atom. The van der Waals surface area contributed by atoms with Crippen molar-refractivity contribution < 1.29 is 4.74 Å². The Kier molecular flexibility index (Phi) is 7.96. The first kappa shape index (κ1) is 13.7. The standard InChI is InChI=1S/C13H21N3O/c1-2-3-7-10-17-11-8-5-4-6-9-13-12-14-16-15-13/h12H,4-11H2,1H3,(H,14,15,16). The third-order valence-corrected chi connectivity index (χ3v) is 2.49. The first-order chi connectivity index (χ1) is 8.43. The van der Waals surface area contributed by atoms with Crippen LogP contribution in [0.3, 0.4) is 0 Å². The molecule has 1 heterocycles. The van der Waals surface area contributed by atoms with Crippen molar-refractivity contribution in [1.82, 2.24) is 15.4 Å². The minimum absolute atomic E-state index is 0.764. The van der Waals surface area contributed by atoms with E-state index in [1.165, 1.54) is 19.3 Å². The molecule has 94 valence electrons. The molecule has 17 heavy (non-hydrogen) atoms. The van der Waals surface area contributed by atoms with Crippen molar-refractivity contribution >= 4 is 0 Å². The van der Waals surface area contributed by atoms with Crippen molar-refractivity contribution in [3.8, 4) is 11.8 Å². The average molecular weight is 235 g/mol. The summed E-state index contributed by atoms with van der Waals surface area (Å²) in [5, 5.41) is 10.4. The summed E-state index contributed by atoms with van der Waals surface area (Å²) < 4.78 is 5.46. The molecule has 0 aromatic carbocycles. The molecule has 1 aromatic heterocycles. The van der Waals surface area contributed by atoms with Crippen molar-refractivity contribution in [2.45, 2.75) is 45.4 Å². The lowest BCUT2D eigenvalue weighted by molar-refractivity contribution is 0.135. The molecular weight excluding hydrogens is 214 g/mol. The SMILES string of the molecule is CC#CCCOCCCCCCc1c[nH]nn1. The first-order valence-electron chi connectivity index (χ1n) is 6.26. The number of hydrogen-bond acceptors (Lipinski definition) is 3. The van der Waals surface area contributed by atoms with Crippen molar-refractivity contribution in [1.29, 1.82) is 0 Å². The van der Waals surface area contributed by atoms with Gasteiger partial charge in [-0.1, -0.05) is 18.1 Å². The zero-order valence-corrected chi connectivity index (χ0v) is 10.5. The van der Waals surface area contributed by atoms with Crippen molar-refractivity contribution in [2.24, 2.45) is 0 Å². The lowest BCUT2D eigenvalue weighted by Gasteiger charge is -2.01. The van der Waals surface area contributed by atoms with Crippen LogP contribution in [0.2, 0.25) is 0 Å². The molecule has 0 aliphatic heterocycles. The van der Waals surface area contributed by atoms with Crippen LogP contribution in [0.15, 0.2) is 6.20 Å². The van der Waals surface area contributed by atoms with Gasteiger partial charge in [-0.25, -0.2) is 0 Å². The van der Waals surface area contributed by atoms with E-state index in [9.17, 15) is 0 Å². The molecule has 1 aromatic rings. The van der Waals surface area contributed by atoms with Gasteiger partial charge in [0.2, 0.25) is 0 Å². The van der Waals surface area contributed by atoms with Crippen LogP contribution in [0.4, 0.5) is 0 Å². The molecule has 0 atom stereocenters. The van der Waals surface area contributed by atoms with Gasteiger partial charge in [-0.2, -0.15) is 0 Å². The maximum Gasteiger partial charge on any atom is 0.0824 e. The fourth-order valence-corrected chi connectivity index (χ4v) is 1.56. The molecule has 4 nitrogen and oxygen atoms in total. The number of H-pyrrole nitrogens is 1. The summed E-state index contributed by atoms with van der Waals surface area (Å²) in [4.78, 5) is 0. The van der Waals surface area contributed by atoms with E-state index >= 15 is 0 Å². The predicted molar refractivity (Wildman–Crippen MR) is 67.4 cm³/mol. The second-order valence-corrected chi connectivity index (χ2v) is 3.92. The van der Waals surface area contributed by atoms with E-state index in [4.69, 9.17) is 4.74 Å². The summed E-state index contributed by atoms with van der Waals surface area (Å²) in [5.74, 6) is 5.84. The number of aryl methyl sites for hydroxylation is 1. The molecule has 0 bridgehead atoms. The highest BCUT2D eigenvalue weighted by molar-refractivity contribution is 4.94. The molecule has 0 aliphatic rings. The third-order valence-electron chi connectivity index (χ3n) is 2.49. The molecule has 1 rings (SSSR count). The Morgan fingerprint density at radius 1 is 1.24 bits per heavy atom. The number of hydrogen-bond donors (Lipinski definition) is 1. The van der Waals surface area contributed by atoms with E-state index in [2.05, 4.69) is 27.3 Å². The number of nitrogens with one attached hydrogen (secondary N) is 1. The van der Waals surface area contributed by atoms with Crippen molar-refractivity contribution in [2.75, 3.05) is 13.2 Å². The van der Waals surface area contributed by atoms with Gasteiger partial charge in [-0.15, -0.1) is 16.9 Å². The molecule has 0 spiro atoms. The van der Waals surface area contributed by atoms with Crippen LogP contribution in [0.25, 0.3) is 0 Å². The number of aromatic amines is 1. The largest absolute Gasteiger partial charge is 0.380 e. The molecule has 0 saturated heterocycles. The number of aromatic nitrogens is 3. The van der Waals surface area contributed by atoms with E-state index in [1.807, 2.05) is 13.1 Å². The van der Waals surface area contributed by atoms with Crippen LogP contribution < -0.4 is 0 Å². The van der Waals surface area contributed by atoms with Crippen molar-refractivity contribution in [3.05, 3.63) is 11.9 Å². The molecule has 0 saturated carbocycles. The average Bonchev–Trinajstić information content (AvgIpc) is 2.85. The summed E-state index contributed by atoms with van der Waals surface area (Å²) in [6.45, 7) is 3.48. The highest BCUT2D eigenvalue weighted by atomic mass is 16.5. The van der Waals surface area contributed by atoms with E-state index in [0.717, 1.165) is 38.2 Å². The Labute approximate surface area is 103 Å². The summed E-state index contributed by atoms with van der Waals surface area (Å²) in [6, 6.07) is 0. The van der Waals surface area contributed by atoms with E-state index < -0.39 is 0 Å². The number of nitrogens with zero attached hydrogens (tertiary/aromatic N) is 2. The van der Waals surface area contributed by atoms with E-state index in [-0.39, 0.29) is 0 Å². The molecule has 0 radical (unpaired) electrons. The van der Waals surface area contributed by atoms with Crippen LogP contribution >= 0.6 is 0 Å². The summed E-state index contributed by atoms with van der Waals surface area (Å²) in [6.07, 6.45) is 8.48. The van der Waals surface area contributed by atoms with Gasteiger partial charge in [0, 0.05) is 19.2 Å². The van der Waals surface area contributed by atoms with Crippen LogP contribution in [0.1, 0.15) is 44.7 Å². The Morgan fingerprint density at radius 2 is 2.12 bits per heavy atom. The van der Waals surface area contributed by atoms with Crippen molar-refractivity contribution in [3.63, 3.8) is 0 Å². The highest BCUT2D eigenvalue weighted by Crippen LogP contribution is 2.04. The quantitative estimate of drug-likeness (QED) is 0.528. The molecule has 0 amide bonds. The Balaban J connectivity index is 1.79. The Bertz CT molecular complexity index is 324. The first-order valence-corrected chi connectivity index (χ1v) is 6.26. The van der Waals surface area contributed by atoms with Gasteiger partial charge >= 0.3 is 0 Å². The lowest BCUT2D eigenvalue weighted by Crippen LogP contribution is -1.96. The topological polar surface area (TPSA) is 50.8 Å². The fourth-order valence-electron chi connectivity index (χ4n) is 1.56. The predicted octanol–water partition coefficient (Wildman–Crippen LogP) is 2.34. The summed E-state index contributed by atoms with van der Waals surface area (Å²) in [7, 11) is 0. The number of rotatable bonds is 9. The molecule has 1 N–H and O–H groups in total. The molecule has 0 unspecified atom stereocenters. The van der Waals surface area contributed by atoms with E-state index in [0.29, 0.717) is 0 Å². The van der Waals surface area contributed by atoms with Crippen LogP contribution in [0.5, 0.6) is 0 Å². The fraction of sp³-hybridized carbons (Fsp3) is 0.692. The second-order valence-electron chi connectivity index (χ2n) is 3.92. The number of ether oxygens (including phenoxy) is 1. The van der Waals surface area contributed by atoms with Crippen LogP contribution in [-0.4, -0.2) is 28.6 Å². The minimum Gasteiger partial charge on any atom is -0.380 e. The molecular formula is C13H21N3O. The Hall–Kier alpha value is -1.34. The molecule has 0 fully saturated rings.